The minimum atomic E-state index is -4.07. The van der Waals surface area contributed by atoms with Gasteiger partial charge in [0.2, 0.25) is 0 Å². The molecule has 0 atom stereocenters. The monoisotopic (exact) mass is 838 g/mol. The average molecular weight is 839 g/mol. The van der Waals surface area contributed by atoms with Crippen LogP contribution >= 0.6 is 68.4 Å². The number of benzene rings is 1. The summed E-state index contributed by atoms with van der Waals surface area (Å²) in [6.45, 7) is 11.9. The number of halogens is 4. The van der Waals surface area contributed by atoms with Gasteiger partial charge in [-0.3, -0.25) is 4.79 Å². The highest BCUT2D eigenvalue weighted by Crippen LogP contribution is 2.30. The molecule has 0 aliphatic rings. The minimum Gasteiger partial charge on any atom is -0.478 e. The summed E-state index contributed by atoms with van der Waals surface area (Å²) in [5.41, 5.74) is 7.05. The fourth-order valence-corrected chi connectivity index (χ4v) is 7.16. The van der Waals surface area contributed by atoms with Gasteiger partial charge in [0.05, 0.1) is 27.4 Å². The van der Waals surface area contributed by atoms with Crippen molar-refractivity contribution in [1.29, 1.82) is 0 Å². The van der Waals surface area contributed by atoms with Crippen molar-refractivity contribution in [3.63, 3.8) is 0 Å². The normalized spacial score (nSPS) is 11.8. The first-order valence-corrected chi connectivity index (χ1v) is 15.9. The van der Waals surface area contributed by atoms with Gasteiger partial charge >= 0.3 is 5.97 Å². The quantitative estimate of drug-likeness (QED) is 0.140. The van der Waals surface area contributed by atoms with Crippen molar-refractivity contribution in [2.24, 2.45) is 0 Å². The Labute approximate surface area is 275 Å². The zero-order valence-electron chi connectivity index (χ0n) is 22.4. The van der Waals surface area contributed by atoms with Crippen molar-refractivity contribution in [1.82, 2.24) is 14.7 Å². The van der Waals surface area contributed by atoms with Gasteiger partial charge in [-0.25, -0.2) is 27.9 Å². The van der Waals surface area contributed by atoms with Gasteiger partial charge in [-0.05, 0) is 75.5 Å². The maximum atomic E-state index is 12.4. The van der Waals surface area contributed by atoms with Crippen molar-refractivity contribution in [3.05, 3.63) is 76.4 Å². The van der Waals surface area contributed by atoms with Crippen molar-refractivity contribution in [2.75, 3.05) is 5.73 Å². The van der Waals surface area contributed by atoms with E-state index in [1.165, 1.54) is 24.3 Å². The van der Waals surface area contributed by atoms with Crippen LogP contribution in [-0.4, -0.2) is 35.4 Å². The molecule has 9 nitrogen and oxygen atoms in total. The standard InChI is InChI=1S/C16H17ClIN3O3S.C10H11ClINO2.3H2/c1-16(2,3)13-12(18)8-11(14(17)20-13)15(22)21-25(23,24)10-6-4-5-9(19)7-10;1-10(2,3)7-6(12)4-5(9(14)15)8(11)13-7;;;/h4-8H,19H2,1-3H3,(H,21,22);4H,1-3H3,(H,14,15);3*1H. The first-order valence-electron chi connectivity index (χ1n) is 11.5. The third-order valence-corrected chi connectivity index (χ3v) is 8.70. The first kappa shape index (κ1) is 34.5. The number of sulfonamides is 1. The van der Waals surface area contributed by atoms with Gasteiger partial charge in [-0.1, -0.05) is 70.8 Å². The second kappa shape index (κ2) is 13.0. The predicted molar refractivity (Wildman–Crippen MR) is 180 cm³/mol. The van der Waals surface area contributed by atoms with Gasteiger partial charge < -0.3 is 10.8 Å². The zero-order chi connectivity index (χ0) is 30.8. The van der Waals surface area contributed by atoms with Crippen LogP contribution in [0.15, 0.2) is 41.3 Å². The Kier molecular flexibility index (Phi) is 11.2. The molecule has 14 heteroatoms. The summed E-state index contributed by atoms with van der Waals surface area (Å²) in [4.78, 5) is 31.5. The van der Waals surface area contributed by atoms with Crippen LogP contribution in [0.1, 0.15) is 77.9 Å². The number of pyridine rings is 2. The van der Waals surface area contributed by atoms with E-state index < -0.39 is 21.9 Å². The molecule has 40 heavy (non-hydrogen) atoms. The third-order valence-electron chi connectivity index (χ3n) is 5.15. The maximum absolute atomic E-state index is 12.4. The molecule has 3 aromatic rings. The zero-order valence-corrected chi connectivity index (χ0v) is 29.1. The number of nitrogens with zero attached hydrogens (tertiary/aromatic N) is 2. The first-order chi connectivity index (χ1) is 18.1. The third kappa shape index (κ3) is 8.87. The van der Waals surface area contributed by atoms with Gasteiger partial charge in [0.15, 0.2) is 0 Å². The summed E-state index contributed by atoms with van der Waals surface area (Å²) >= 11 is 16.0. The Hall–Kier alpha value is -1.75. The molecule has 0 fully saturated rings. The van der Waals surface area contributed by atoms with Crippen LogP contribution < -0.4 is 10.5 Å². The van der Waals surface area contributed by atoms with Gasteiger partial charge in [0.25, 0.3) is 15.9 Å². The molecule has 0 radical (unpaired) electrons. The predicted octanol–water partition coefficient (Wildman–Crippen LogP) is 7.41. The van der Waals surface area contributed by atoms with Gasteiger partial charge in [0, 0.05) is 27.9 Å². The Balaban J connectivity index is 0. The summed E-state index contributed by atoms with van der Waals surface area (Å²) in [7, 11) is -4.07. The number of carboxylic acid groups (broad SMARTS) is 1. The molecular weight excluding hydrogens is 805 g/mol. The molecule has 0 aliphatic carbocycles. The topological polar surface area (TPSA) is 152 Å². The molecule has 0 unspecified atom stereocenters. The van der Waals surface area contributed by atoms with E-state index in [2.05, 4.69) is 32.6 Å². The number of hydrogen-bond acceptors (Lipinski definition) is 7. The number of carbonyl (C=O) groups is 2. The summed E-state index contributed by atoms with van der Waals surface area (Å²) < 4.78 is 28.2. The van der Waals surface area contributed by atoms with Crippen LogP contribution in [0.2, 0.25) is 10.3 Å². The number of amides is 1. The molecule has 1 amide bonds. The largest absolute Gasteiger partial charge is 0.478 e. The summed E-state index contributed by atoms with van der Waals surface area (Å²) in [5.74, 6) is -1.90. The molecule has 0 bridgehead atoms. The molecule has 0 spiro atoms. The fourth-order valence-electron chi connectivity index (χ4n) is 3.21. The highest BCUT2D eigenvalue weighted by molar-refractivity contribution is 14.1. The smallest absolute Gasteiger partial charge is 0.338 e. The number of aromatic carboxylic acids is 1. The van der Waals surface area contributed by atoms with Crippen LogP contribution in [0, 0.1) is 7.14 Å². The van der Waals surface area contributed by atoms with Gasteiger partial charge in [-0.15, -0.1) is 0 Å². The average Bonchev–Trinajstić information content (AvgIpc) is 2.80. The molecule has 2 aromatic heterocycles. The number of nitrogen functional groups attached to an aromatic ring is 1. The Morgan fingerprint density at radius 2 is 1.35 bits per heavy atom. The number of nitrogens with two attached hydrogens (primary N) is 1. The van der Waals surface area contributed by atoms with E-state index in [0.717, 1.165) is 18.5 Å². The van der Waals surface area contributed by atoms with E-state index in [1.807, 2.05) is 68.9 Å². The number of carbonyl (C=O) groups excluding carboxylic acids is 1. The lowest BCUT2D eigenvalue weighted by atomic mass is 9.91. The summed E-state index contributed by atoms with van der Waals surface area (Å²) in [5, 5.41) is 8.85. The van der Waals surface area contributed by atoms with E-state index in [0.29, 0.717) is 0 Å². The number of nitrogens with one attached hydrogen (secondary N) is 1. The number of hydrogen-bond donors (Lipinski definition) is 3. The molecule has 222 valence electrons. The van der Waals surface area contributed by atoms with Crippen molar-refractivity contribution in [2.45, 2.75) is 57.3 Å². The fraction of sp³-hybridized carbons (Fsp3) is 0.308. The molecule has 0 saturated carbocycles. The van der Waals surface area contributed by atoms with Crippen LogP contribution in [0.5, 0.6) is 0 Å². The molecule has 1 aromatic carbocycles. The van der Waals surface area contributed by atoms with Crippen molar-refractivity contribution >= 4 is 96.0 Å². The second-order valence-electron chi connectivity index (χ2n) is 10.6. The SMILES string of the molecule is CC(C)(C)c1nc(Cl)c(C(=O)NS(=O)(=O)c2cccc(N)c2)cc1I.CC(C)(C)c1nc(Cl)c(C(=O)O)cc1I.[HH].[HH].[HH]. The van der Waals surface area contributed by atoms with Crippen LogP contribution in [0.25, 0.3) is 0 Å². The Bertz CT molecular complexity index is 1590. The molecule has 4 N–H and O–H groups in total. The lowest BCUT2D eigenvalue weighted by Gasteiger charge is -2.20. The minimum absolute atomic E-state index is 0. The Morgan fingerprint density at radius 1 is 0.900 bits per heavy atom. The number of anilines is 1. The molecule has 3 rings (SSSR count). The van der Waals surface area contributed by atoms with Crippen LogP contribution in [0.3, 0.4) is 0 Å². The van der Waals surface area contributed by atoms with E-state index in [-0.39, 0.29) is 47.1 Å². The lowest BCUT2D eigenvalue weighted by Crippen LogP contribution is -2.31. The second-order valence-corrected chi connectivity index (χ2v) is 15.3. The van der Waals surface area contributed by atoms with E-state index in [4.69, 9.17) is 34.0 Å². The van der Waals surface area contributed by atoms with Crippen molar-refractivity contribution < 1.29 is 27.4 Å². The molecule has 2 heterocycles. The number of rotatable bonds is 4. The van der Waals surface area contributed by atoms with Crippen LogP contribution in [-0.2, 0) is 20.9 Å². The molecule has 0 saturated heterocycles. The van der Waals surface area contributed by atoms with E-state index >= 15 is 0 Å². The van der Waals surface area contributed by atoms with E-state index in [1.54, 1.807) is 12.1 Å². The lowest BCUT2D eigenvalue weighted by molar-refractivity contribution is 0.0696. The summed E-state index contributed by atoms with van der Waals surface area (Å²) in [6, 6.07) is 8.74. The highest BCUT2D eigenvalue weighted by Gasteiger charge is 2.26. The van der Waals surface area contributed by atoms with Gasteiger partial charge in [0.1, 0.15) is 10.3 Å². The van der Waals surface area contributed by atoms with Crippen molar-refractivity contribution in [3.8, 4) is 0 Å². The van der Waals surface area contributed by atoms with E-state index in [9.17, 15) is 18.0 Å². The summed E-state index contributed by atoms with van der Waals surface area (Å²) in [6.07, 6.45) is 0. The highest BCUT2D eigenvalue weighted by atomic mass is 127. The maximum Gasteiger partial charge on any atom is 0.338 e. The number of carboxylic acids is 1. The molecule has 0 aliphatic heterocycles. The Morgan fingerprint density at radius 3 is 1.77 bits per heavy atom. The van der Waals surface area contributed by atoms with Crippen LogP contribution in [0.4, 0.5) is 5.69 Å². The molecular formula is C26H34Cl2I2N4O5S. The van der Waals surface area contributed by atoms with Gasteiger partial charge in [-0.2, -0.15) is 0 Å². The number of aromatic nitrogens is 2.